The lowest BCUT2D eigenvalue weighted by Crippen LogP contribution is -2.13. The van der Waals surface area contributed by atoms with Crippen molar-refractivity contribution in [3.8, 4) is 16.9 Å². The van der Waals surface area contributed by atoms with Gasteiger partial charge in [0.05, 0.1) is 11.6 Å². The van der Waals surface area contributed by atoms with E-state index in [9.17, 15) is 4.79 Å². The summed E-state index contributed by atoms with van der Waals surface area (Å²) < 4.78 is 6.32. The SMILES string of the molecule is COc1c(Br)cc(C)cc1-c1ccc(NC(=O)c2ccc(Cl)cc2)nc1N. The van der Waals surface area contributed by atoms with Gasteiger partial charge in [-0.05, 0) is 76.9 Å². The van der Waals surface area contributed by atoms with E-state index in [-0.39, 0.29) is 5.91 Å². The molecular formula is C20H17BrClN3O2. The van der Waals surface area contributed by atoms with Crippen molar-refractivity contribution in [1.82, 2.24) is 4.98 Å². The van der Waals surface area contributed by atoms with E-state index in [0.29, 0.717) is 28.0 Å². The number of nitrogen functional groups attached to an aromatic ring is 1. The second-order valence-electron chi connectivity index (χ2n) is 5.92. The predicted molar refractivity (Wildman–Crippen MR) is 112 cm³/mol. The molecule has 1 aromatic heterocycles. The van der Waals surface area contributed by atoms with Gasteiger partial charge in [-0.3, -0.25) is 4.79 Å². The molecule has 138 valence electrons. The summed E-state index contributed by atoms with van der Waals surface area (Å²) in [6.45, 7) is 1.98. The molecule has 0 saturated carbocycles. The van der Waals surface area contributed by atoms with Crippen molar-refractivity contribution in [3.63, 3.8) is 0 Å². The lowest BCUT2D eigenvalue weighted by atomic mass is 10.0. The van der Waals surface area contributed by atoms with Gasteiger partial charge in [0.15, 0.2) is 0 Å². The van der Waals surface area contributed by atoms with Crippen LogP contribution in [-0.4, -0.2) is 18.0 Å². The maximum atomic E-state index is 12.3. The molecular weight excluding hydrogens is 430 g/mol. The van der Waals surface area contributed by atoms with Gasteiger partial charge in [0.25, 0.3) is 5.91 Å². The molecule has 5 nitrogen and oxygen atoms in total. The Morgan fingerprint density at radius 2 is 1.85 bits per heavy atom. The molecule has 1 heterocycles. The maximum absolute atomic E-state index is 12.3. The summed E-state index contributed by atoms with van der Waals surface area (Å²) >= 11 is 9.35. The molecule has 2 aromatic carbocycles. The number of ether oxygens (including phenoxy) is 1. The molecule has 0 spiro atoms. The van der Waals surface area contributed by atoms with Crippen LogP contribution in [0.3, 0.4) is 0 Å². The molecule has 3 N–H and O–H groups in total. The summed E-state index contributed by atoms with van der Waals surface area (Å²) in [4.78, 5) is 16.6. The van der Waals surface area contributed by atoms with Gasteiger partial charge in [0.1, 0.15) is 17.4 Å². The highest BCUT2D eigenvalue weighted by Crippen LogP contribution is 2.39. The van der Waals surface area contributed by atoms with E-state index >= 15 is 0 Å². The average molecular weight is 447 g/mol. The van der Waals surface area contributed by atoms with Gasteiger partial charge in [-0.25, -0.2) is 4.98 Å². The number of methoxy groups -OCH3 is 1. The zero-order chi connectivity index (χ0) is 19.6. The lowest BCUT2D eigenvalue weighted by molar-refractivity contribution is 0.102. The maximum Gasteiger partial charge on any atom is 0.256 e. The Hall–Kier alpha value is -2.57. The Kier molecular flexibility index (Phi) is 5.68. The van der Waals surface area contributed by atoms with E-state index in [1.165, 1.54) is 0 Å². The Bertz CT molecular complexity index is 1010. The number of rotatable bonds is 4. The van der Waals surface area contributed by atoms with Gasteiger partial charge < -0.3 is 15.8 Å². The van der Waals surface area contributed by atoms with Crippen LogP contribution in [0.1, 0.15) is 15.9 Å². The number of hydrogen-bond acceptors (Lipinski definition) is 4. The second-order valence-corrected chi connectivity index (χ2v) is 7.21. The Labute approximate surface area is 170 Å². The number of benzene rings is 2. The van der Waals surface area contributed by atoms with Gasteiger partial charge in [-0.1, -0.05) is 11.6 Å². The minimum atomic E-state index is -0.290. The lowest BCUT2D eigenvalue weighted by Gasteiger charge is -2.14. The first kappa shape index (κ1) is 19.2. The zero-order valence-electron chi connectivity index (χ0n) is 14.7. The summed E-state index contributed by atoms with van der Waals surface area (Å²) in [5.41, 5.74) is 9.24. The van der Waals surface area contributed by atoms with Crippen molar-refractivity contribution in [2.75, 3.05) is 18.2 Å². The van der Waals surface area contributed by atoms with Gasteiger partial charge >= 0.3 is 0 Å². The van der Waals surface area contributed by atoms with Crippen molar-refractivity contribution >= 4 is 45.1 Å². The third-order valence-electron chi connectivity index (χ3n) is 3.95. The number of aromatic nitrogens is 1. The van der Waals surface area contributed by atoms with E-state index < -0.39 is 0 Å². The molecule has 0 fully saturated rings. The van der Waals surface area contributed by atoms with Crippen LogP contribution < -0.4 is 15.8 Å². The first-order chi connectivity index (χ1) is 12.9. The highest BCUT2D eigenvalue weighted by atomic mass is 79.9. The van der Waals surface area contributed by atoms with Crippen molar-refractivity contribution in [3.05, 3.63) is 69.2 Å². The summed E-state index contributed by atoms with van der Waals surface area (Å²) in [5.74, 6) is 1.04. The minimum Gasteiger partial charge on any atom is -0.495 e. The highest BCUT2D eigenvalue weighted by molar-refractivity contribution is 9.10. The fourth-order valence-corrected chi connectivity index (χ4v) is 3.56. The Morgan fingerprint density at radius 1 is 1.15 bits per heavy atom. The van der Waals surface area contributed by atoms with Gasteiger partial charge in [0.2, 0.25) is 0 Å². The quantitative estimate of drug-likeness (QED) is 0.569. The average Bonchev–Trinajstić information content (AvgIpc) is 2.62. The van der Waals surface area contributed by atoms with E-state index in [1.807, 2.05) is 25.1 Å². The van der Waals surface area contributed by atoms with E-state index in [4.69, 9.17) is 22.1 Å². The number of pyridine rings is 1. The zero-order valence-corrected chi connectivity index (χ0v) is 17.1. The van der Waals surface area contributed by atoms with Crippen LogP contribution in [0.5, 0.6) is 5.75 Å². The topological polar surface area (TPSA) is 77.2 Å². The van der Waals surface area contributed by atoms with Gasteiger partial charge in [0, 0.05) is 21.7 Å². The summed E-state index contributed by atoms with van der Waals surface area (Å²) in [6, 6.07) is 14.1. The van der Waals surface area contributed by atoms with Crippen LogP contribution in [0.2, 0.25) is 5.02 Å². The number of nitrogens with two attached hydrogens (primary N) is 1. The number of hydrogen-bond donors (Lipinski definition) is 2. The molecule has 0 aliphatic carbocycles. The van der Waals surface area contributed by atoms with Crippen LogP contribution >= 0.6 is 27.5 Å². The molecule has 0 unspecified atom stereocenters. The normalized spacial score (nSPS) is 10.5. The summed E-state index contributed by atoms with van der Waals surface area (Å²) in [7, 11) is 1.60. The first-order valence-electron chi connectivity index (χ1n) is 8.07. The van der Waals surface area contributed by atoms with Crippen LogP contribution in [0, 0.1) is 6.92 Å². The molecule has 0 atom stereocenters. The first-order valence-corrected chi connectivity index (χ1v) is 9.24. The van der Waals surface area contributed by atoms with Gasteiger partial charge in [-0.15, -0.1) is 0 Å². The van der Waals surface area contributed by atoms with Crippen LogP contribution in [0.15, 0.2) is 53.0 Å². The smallest absolute Gasteiger partial charge is 0.256 e. The number of halogens is 2. The fourth-order valence-electron chi connectivity index (χ4n) is 2.70. The van der Waals surface area contributed by atoms with Crippen molar-refractivity contribution in [2.45, 2.75) is 6.92 Å². The number of nitrogens with zero attached hydrogens (tertiary/aromatic N) is 1. The van der Waals surface area contributed by atoms with Crippen molar-refractivity contribution < 1.29 is 9.53 Å². The van der Waals surface area contributed by atoms with E-state index in [0.717, 1.165) is 21.2 Å². The molecule has 0 saturated heterocycles. The molecule has 0 radical (unpaired) electrons. The van der Waals surface area contributed by atoms with E-state index in [1.54, 1.807) is 37.4 Å². The molecule has 3 rings (SSSR count). The monoisotopic (exact) mass is 445 g/mol. The van der Waals surface area contributed by atoms with Crippen molar-refractivity contribution in [1.29, 1.82) is 0 Å². The fraction of sp³-hybridized carbons (Fsp3) is 0.100. The number of carbonyl (C=O) groups excluding carboxylic acids is 1. The number of anilines is 2. The molecule has 0 aliphatic heterocycles. The molecule has 0 bridgehead atoms. The number of carbonyl (C=O) groups is 1. The van der Waals surface area contributed by atoms with Crippen LogP contribution in [0.25, 0.3) is 11.1 Å². The number of nitrogens with one attached hydrogen (secondary N) is 1. The Morgan fingerprint density at radius 3 is 2.48 bits per heavy atom. The minimum absolute atomic E-state index is 0.290. The highest BCUT2D eigenvalue weighted by Gasteiger charge is 2.15. The van der Waals surface area contributed by atoms with Crippen LogP contribution in [-0.2, 0) is 0 Å². The Balaban J connectivity index is 1.91. The third kappa shape index (κ3) is 4.23. The number of aryl methyl sites for hydroxylation is 1. The predicted octanol–water partition coefficient (Wildman–Crippen LogP) is 5.32. The molecule has 27 heavy (non-hydrogen) atoms. The summed E-state index contributed by atoms with van der Waals surface area (Å²) in [5, 5.41) is 3.30. The molecule has 0 aliphatic rings. The molecule has 7 heteroatoms. The largest absolute Gasteiger partial charge is 0.495 e. The number of amides is 1. The van der Waals surface area contributed by atoms with E-state index in [2.05, 4.69) is 26.2 Å². The second kappa shape index (κ2) is 7.98. The van der Waals surface area contributed by atoms with Crippen molar-refractivity contribution in [2.24, 2.45) is 0 Å². The molecule has 1 amide bonds. The summed E-state index contributed by atoms with van der Waals surface area (Å²) in [6.07, 6.45) is 0. The standard InChI is InChI=1S/C20H17BrClN3O2/c1-11-9-15(18(27-2)16(21)10-11)14-7-8-17(24-19(14)23)25-20(26)12-3-5-13(22)6-4-12/h3-10H,1-2H3,(H3,23,24,25,26). The third-order valence-corrected chi connectivity index (χ3v) is 4.80. The van der Waals surface area contributed by atoms with Crippen LogP contribution in [0.4, 0.5) is 11.6 Å². The van der Waals surface area contributed by atoms with Gasteiger partial charge in [-0.2, -0.15) is 0 Å². The molecule has 3 aromatic rings.